The van der Waals surface area contributed by atoms with Crippen LogP contribution in [0.15, 0.2) is 22.8 Å². The number of hydrogen-bond donors (Lipinski definition) is 0. The number of hydrogen-bond acceptors (Lipinski definition) is 5. The fourth-order valence-electron chi connectivity index (χ4n) is 2.75. The summed E-state index contributed by atoms with van der Waals surface area (Å²) in [4.78, 5) is 16.1. The normalized spacial score (nSPS) is 15.6. The Balaban J connectivity index is 1.76. The molecule has 1 aromatic heterocycles. The van der Waals surface area contributed by atoms with E-state index in [1.165, 1.54) is 0 Å². The van der Waals surface area contributed by atoms with Gasteiger partial charge in [0.2, 0.25) is 0 Å². The number of halogens is 2. The van der Waals surface area contributed by atoms with Gasteiger partial charge in [0.1, 0.15) is 5.60 Å². The first-order chi connectivity index (χ1) is 11.7. The summed E-state index contributed by atoms with van der Waals surface area (Å²) in [6.07, 6.45) is 1.48. The fourth-order valence-corrected chi connectivity index (χ4v) is 3.24. The van der Waals surface area contributed by atoms with E-state index in [1.54, 1.807) is 11.1 Å². The second-order valence-electron chi connectivity index (χ2n) is 6.97. The van der Waals surface area contributed by atoms with E-state index in [-0.39, 0.29) is 6.09 Å². The van der Waals surface area contributed by atoms with Crippen LogP contribution in [0.2, 0.25) is 5.02 Å². The minimum absolute atomic E-state index is 0.267. The smallest absolute Gasteiger partial charge is 0.410 e. The standard InChI is InChI=1S/C17H20BrClN4O2/c1-17(2,3)25-16(24)23-6-4-22(5-7-23)15-10-20-21-14-9-12(18)13(19)8-11(14)15/h8-10H,4-7H2,1-3H3. The molecule has 0 saturated carbocycles. The van der Waals surface area contributed by atoms with Crippen molar-refractivity contribution in [2.45, 2.75) is 26.4 Å². The first kappa shape index (κ1) is 18.2. The third kappa shape index (κ3) is 4.15. The van der Waals surface area contributed by atoms with Gasteiger partial charge in [0.25, 0.3) is 0 Å². The van der Waals surface area contributed by atoms with E-state index in [1.807, 2.05) is 32.9 Å². The Morgan fingerprint density at radius 1 is 1.24 bits per heavy atom. The van der Waals surface area contributed by atoms with Crippen LogP contribution in [0.5, 0.6) is 0 Å². The Morgan fingerprint density at radius 3 is 2.56 bits per heavy atom. The van der Waals surface area contributed by atoms with E-state index < -0.39 is 5.60 Å². The van der Waals surface area contributed by atoms with E-state index in [0.29, 0.717) is 31.2 Å². The molecule has 2 heterocycles. The number of nitrogens with zero attached hydrogens (tertiary/aromatic N) is 4. The molecule has 0 radical (unpaired) electrons. The maximum atomic E-state index is 12.2. The summed E-state index contributed by atoms with van der Waals surface area (Å²) in [7, 11) is 0. The Labute approximate surface area is 160 Å². The zero-order chi connectivity index (χ0) is 18.2. The summed E-state index contributed by atoms with van der Waals surface area (Å²) >= 11 is 9.65. The van der Waals surface area contributed by atoms with Crippen molar-refractivity contribution in [1.29, 1.82) is 0 Å². The summed E-state index contributed by atoms with van der Waals surface area (Å²) in [6, 6.07) is 3.76. The number of piperazine rings is 1. The zero-order valence-electron chi connectivity index (χ0n) is 14.4. The lowest BCUT2D eigenvalue weighted by Crippen LogP contribution is -2.50. The molecule has 0 bridgehead atoms. The molecule has 25 heavy (non-hydrogen) atoms. The topological polar surface area (TPSA) is 58.6 Å². The monoisotopic (exact) mass is 426 g/mol. The van der Waals surface area contributed by atoms with Gasteiger partial charge in [-0.15, -0.1) is 0 Å². The molecule has 0 spiro atoms. The molecule has 134 valence electrons. The van der Waals surface area contributed by atoms with Crippen molar-refractivity contribution in [3.05, 3.63) is 27.8 Å². The van der Waals surface area contributed by atoms with Crippen molar-refractivity contribution in [3.8, 4) is 0 Å². The van der Waals surface area contributed by atoms with E-state index in [4.69, 9.17) is 16.3 Å². The maximum Gasteiger partial charge on any atom is 0.410 e. The van der Waals surface area contributed by atoms with E-state index >= 15 is 0 Å². The molecular weight excluding hydrogens is 408 g/mol. The Hall–Kier alpha value is -1.60. The molecule has 1 fully saturated rings. The van der Waals surface area contributed by atoms with Crippen LogP contribution >= 0.6 is 27.5 Å². The lowest BCUT2D eigenvalue weighted by atomic mass is 10.1. The van der Waals surface area contributed by atoms with Crippen molar-refractivity contribution in [3.63, 3.8) is 0 Å². The summed E-state index contributed by atoms with van der Waals surface area (Å²) in [5.41, 5.74) is 1.27. The quantitative estimate of drug-likeness (QED) is 0.686. The SMILES string of the molecule is CC(C)(C)OC(=O)N1CCN(c2cnnc3cc(Br)c(Cl)cc23)CC1. The molecule has 1 amide bonds. The number of anilines is 1. The van der Waals surface area contributed by atoms with Gasteiger partial charge in [-0.1, -0.05) is 11.6 Å². The van der Waals surface area contributed by atoms with Crippen LogP contribution in [0.4, 0.5) is 10.5 Å². The second-order valence-corrected chi connectivity index (χ2v) is 8.23. The van der Waals surface area contributed by atoms with Gasteiger partial charge in [0.05, 0.1) is 22.4 Å². The van der Waals surface area contributed by atoms with Gasteiger partial charge in [0, 0.05) is 36.0 Å². The molecule has 0 aliphatic carbocycles. The molecule has 3 rings (SSSR count). The van der Waals surface area contributed by atoms with Crippen LogP contribution in [-0.2, 0) is 4.74 Å². The minimum atomic E-state index is -0.483. The number of ether oxygens (including phenoxy) is 1. The Morgan fingerprint density at radius 2 is 1.92 bits per heavy atom. The number of amides is 1. The lowest BCUT2D eigenvalue weighted by molar-refractivity contribution is 0.0240. The molecule has 1 saturated heterocycles. The third-order valence-electron chi connectivity index (χ3n) is 3.93. The van der Waals surface area contributed by atoms with Crippen LogP contribution in [0.1, 0.15) is 20.8 Å². The van der Waals surface area contributed by atoms with Gasteiger partial charge >= 0.3 is 6.09 Å². The molecule has 0 atom stereocenters. The average Bonchev–Trinajstić information content (AvgIpc) is 2.54. The van der Waals surface area contributed by atoms with Crippen molar-refractivity contribution in [2.24, 2.45) is 0 Å². The number of fused-ring (bicyclic) bond motifs is 1. The summed E-state index contributed by atoms with van der Waals surface area (Å²) in [6.45, 7) is 8.22. The van der Waals surface area contributed by atoms with Gasteiger partial charge < -0.3 is 14.5 Å². The molecule has 1 aromatic carbocycles. The first-order valence-corrected chi connectivity index (χ1v) is 9.25. The van der Waals surface area contributed by atoms with Crippen LogP contribution in [0.25, 0.3) is 10.9 Å². The van der Waals surface area contributed by atoms with Crippen LogP contribution in [-0.4, -0.2) is 53.0 Å². The average molecular weight is 428 g/mol. The summed E-state index contributed by atoms with van der Waals surface area (Å²) in [5.74, 6) is 0. The molecule has 6 nitrogen and oxygen atoms in total. The van der Waals surface area contributed by atoms with Gasteiger partial charge in [-0.2, -0.15) is 10.2 Å². The third-order valence-corrected chi connectivity index (χ3v) is 5.13. The molecule has 0 N–H and O–H groups in total. The second kappa shape index (κ2) is 6.96. The number of aromatic nitrogens is 2. The molecule has 2 aromatic rings. The summed E-state index contributed by atoms with van der Waals surface area (Å²) in [5, 5.41) is 9.86. The Bertz CT molecular complexity index is 801. The van der Waals surface area contributed by atoms with E-state index in [9.17, 15) is 4.79 Å². The highest BCUT2D eigenvalue weighted by Crippen LogP contribution is 2.32. The number of benzene rings is 1. The van der Waals surface area contributed by atoms with Crippen molar-refractivity contribution >= 4 is 50.2 Å². The van der Waals surface area contributed by atoms with Gasteiger partial charge in [-0.05, 0) is 48.8 Å². The molecule has 8 heteroatoms. The molecule has 1 aliphatic rings. The zero-order valence-corrected chi connectivity index (χ0v) is 16.8. The predicted molar refractivity (Wildman–Crippen MR) is 102 cm³/mol. The summed E-state index contributed by atoms with van der Waals surface area (Å²) < 4.78 is 6.24. The highest BCUT2D eigenvalue weighted by molar-refractivity contribution is 9.10. The van der Waals surface area contributed by atoms with Crippen molar-refractivity contribution in [1.82, 2.24) is 15.1 Å². The Kier molecular flexibility index (Phi) is 5.06. The molecular formula is C17H20BrClN4O2. The predicted octanol–water partition coefficient (Wildman–Crippen LogP) is 4.10. The van der Waals surface area contributed by atoms with E-state index in [0.717, 1.165) is 21.1 Å². The van der Waals surface area contributed by atoms with Crippen molar-refractivity contribution in [2.75, 3.05) is 31.1 Å². The van der Waals surface area contributed by atoms with Crippen LogP contribution < -0.4 is 4.90 Å². The van der Waals surface area contributed by atoms with Gasteiger partial charge in [-0.25, -0.2) is 4.79 Å². The highest BCUT2D eigenvalue weighted by atomic mass is 79.9. The maximum absolute atomic E-state index is 12.2. The largest absolute Gasteiger partial charge is 0.444 e. The first-order valence-electron chi connectivity index (χ1n) is 8.08. The molecule has 0 unspecified atom stereocenters. The lowest BCUT2D eigenvalue weighted by Gasteiger charge is -2.36. The van der Waals surface area contributed by atoms with Crippen molar-refractivity contribution < 1.29 is 9.53 Å². The van der Waals surface area contributed by atoms with Gasteiger partial charge in [-0.3, -0.25) is 0 Å². The fraction of sp³-hybridized carbons (Fsp3) is 0.471. The number of rotatable bonds is 1. The van der Waals surface area contributed by atoms with Gasteiger partial charge in [0.15, 0.2) is 0 Å². The van der Waals surface area contributed by atoms with Crippen LogP contribution in [0, 0.1) is 0 Å². The van der Waals surface area contributed by atoms with Crippen LogP contribution in [0.3, 0.4) is 0 Å². The minimum Gasteiger partial charge on any atom is -0.444 e. The number of carbonyl (C=O) groups is 1. The highest BCUT2D eigenvalue weighted by Gasteiger charge is 2.26. The van der Waals surface area contributed by atoms with E-state index in [2.05, 4.69) is 31.0 Å². The molecule has 1 aliphatic heterocycles. The number of carbonyl (C=O) groups excluding carboxylic acids is 1.